The van der Waals surface area contributed by atoms with Crippen LogP contribution in [0.4, 0.5) is 14.5 Å². The number of amides is 2. The van der Waals surface area contributed by atoms with Crippen LogP contribution in [0, 0.1) is 11.6 Å². The molecule has 0 atom stereocenters. The van der Waals surface area contributed by atoms with Crippen LogP contribution in [0.2, 0.25) is 0 Å². The minimum Gasteiger partial charge on any atom is -0.346 e. The quantitative estimate of drug-likeness (QED) is 0.803. The predicted octanol–water partition coefficient (Wildman–Crippen LogP) is 1.26. The van der Waals surface area contributed by atoms with Gasteiger partial charge in [-0.25, -0.2) is 8.78 Å². The van der Waals surface area contributed by atoms with Crippen LogP contribution >= 0.6 is 11.6 Å². The molecule has 0 aliphatic heterocycles. The molecule has 0 fully saturated rings. The van der Waals surface area contributed by atoms with E-state index in [9.17, 15) is 18.4 Å². The summed E-state index contributed by atoms with van der Waals surface area (Å²) in [6, 6.07) is 3.20. The van der Waals surface area contributed by atoms with E-state index < -0.39 is 35.7 Å². The summed E-state index contributed by atoms with van der Waals surface area (Å²) in [6.45, 7) is -0.403. The van der Waals surface area contributed by atoms with Gasteiger partial charge in [-0.05, 0) is 12.1 Å². The Bertz CT molecular complexity index is 420. The summed E-state index contributed by atoms with van der Waals surface area (Å²) in [7, 11) is 0. The van der Waals surface area contributed by atoms with E-state index in [0.717, 1.165) is 12.1 Å². The summed E-state index contributed by atoms with van der Waals surface area (Å²) in [5.74, 6) is -3.35. The molecule has 2 amide bonds. The van der Waals surface area contributed by atoms with Gasteiger partial charge in [-0.3, -0.25) is 9.59 Å². The maximum Gasteiger partial charge on any atom is 0.243 e. The van der Waals surface area contributed by atoms with E-state index in [1.807, 2.05) is 5.32 Å². The Hall–Kier alpha value is -1.69. The Morgan fingerprint density at radius 3 is 2.29 bits per heavy atom. The van der Waals surface area contributed by atoms with Gasteiger partial charge in [0.05, 0.1) is 6.54 Å². The molecule has 92 valence electrons. The molecule has 17 heavy (non-hydrogen) atoms. The first-order valence-corrected chi connectivity index (χ1v) is 5.14. The van der Waals surface area contributed by atoms with E-state index in [1.54, 1.807) is 0 Å². The molecular weight excluding hydrogens is 254 g/mol. The van der Waals surface area contributed by atoms with Crippen LogP contribution in [0.5, 0.6) is 0 Å². The SMILES string of the molecule is O=C(CCl)NCC(=O)Nc1c(F)cccc1F. The van der Waals surface area contributed by atoms with Gasteiger partial charge in [0.1, 0.15) is 23.2 Å². The summed E-state index contributed by atoms with van der Waals surface area (Å²) in [6.07, 6.45) is 0. The van der Waals surface area contributed by atoms with Crippen molar-refractivity contribution in [2.45, 2.75) is 0 Å². The third-order valence-corrected chi connectivity index (χ3v) is 2.04. The lowest BCUT2D eigenvalue weighted by atomic mass is 10.3. The highest BCUT2D eigenvalue weighted by molar-refractivity contribution is 6.27. The first-order valence-electron chi connectivity index (χ1n) is 4.61. The van der Waals surface area contributed by atoms with E-state index in [0.29, 0.717) is 0 Å². The highest BCUT2D eigenvalue weighted by atomic mass is 35.5. The van der Waals surface area contributed by atoms with Crippen molar-refractivity contribution in [3.63, 3.8) is 0 Å². The van der Waals surface area contributed by atoms with Crippen LogP contribution in [0.25, 0.3) is 0 Å². The Balaban J connectivity index is 2.59. The Morgan fingerprint density at radius 1 is 1.18 bits per heavy atom. The molecule has 1 rings (SSSR count). The second kappa shape index (κ2) is 6.15. The molecule has 0 aliphatic carbocycles. The van der Waals surface area contributed by atoms with E-state index in [2.05, 4.69) is 5.32 Å². The fourth-order valence-electron chi connectivity index (χ4n) is 1.03. The molecule has 0 aliphatic rings. The van der Waals surface area contributed by atoms with E-state index in [1.165, 1.54) is 6.07 Å². The lowest BCUT2D eigenvalue weighted by Gasteiger charge is -2.07. The third kappa shape index (κ3) is 3.99. The second-order valence-electron chi connectivity index (χ2n) is 3.06. The van der Waals surface area contributed by atoms with Crippen molar-refractivity contribution in [1.82, 2.24) is 5.32 Å². The van der Waals surface area contributed by atoms with Gasteiger partial charge < -0.3 is 10.6 Å². The molecule has 0 saturated heterocycles. The lowest BCUT2D eigenvalue weighted by Crippen LogP contribution is -2.33. The largest absolute Gasteiger partial charge is 0.346 e. The van der Waals surface area contributed by atoms with Gasteiger partial charge in [-0.1, -0.05) is 6.07 Å². The lowest BCUT2D eigenvalue weighted by molar-refractivity contribution is -0.122. The van der Waals surface area contributed by atoms with Crippen molar-refractivity contribution < 1.29 is 18.4 Å². The van der Waals surface area contributed by atoms with Gasteiger partial charge >= 0.3 is 0 Å². The zero-order valence-electron chi connectivity index (χ0n) is 8.60. The molecule has 0 bridgehead atoms. The van der Waals surface area contributed by atoms with E-state index in [4.69, 9.17) is 11.6 Å². The van der Waals surface area contributed by atoms with Crippen molar-refractivity contribution in [2.75, 3.05) is 17.7 Å². The van der Waals surface area contributed by atoms with Gasteiger partial charge in [0.2, 0.25) is 11.8 Å². The van der Waals surface area contributed by atoms with Crippen LogP contribution in [-0.2, 0) is 9.59 Å². The molecule has 0 aromatic heterocycles. The van der Waals surface area contributed by atoms with Gasteiger partial charge in [-0.2, -0.15) is 0 Å². The van der Waals surface area contributed by atoms with Crippen LogP contribution in [0.15, 0.2) is 18.2 Å². The maximum absolute atomic E-state index is 13.1. The monoisotopic (exact) mass is 262 g/mol. The first-order chi connectivity index (χ1) is 8.04. The molecule has 0 heterocycles. The highest BCUT2D eigenvalue weighted by Gasteiger charge is 2.12. The standard InChI is InChI=1S/C10H9ClF2N2O2/c11-4-8(16)14-5-9(17)15-10-6(12)2-1-3-7(10)13/h1-3H,4-5H2,(H,14,16)(H,15,17). The summed E-state index contributed by atoms with van der Waals surface area (Å²) in [4.78, 5) is 22.0. The summed E-state index contributed by atoms with van der Waals surface area (Å²) in [5, 5.41) is 4.17. The zero-order valence-corrected chi connectivity index (χ0v) is 9.35. The normalized spacial score (nSPS) is 9.82. The van der Waals surface area contributed by atoms with Crippen molar-refractivity contribution in [3.8, 4) is 0 Å². The number of carbonyl (C=O) groups is 2. The second-order valence-corrected chi connectivity index (χ2v) is 3.32. The number of nitrogens with one attached hydrogen (secondary N) is 2. The van der Waals surface area contributed by atoms with Crippen molar-refractivity contribution >= 4 is 29.1 Å². The molecule has 2 N–H and O–H groups in total. The van der Waals surface area contributed by atoms with Gasteiger partial charge in [0.15, 0.2) is 0 Å². The number of carbonyl (C=O) groups excluding carboxylic acids is 2. The fourth-order valence-corrected chi connectivity index (χ4v) is 1.12. The number of alkyl halides is 1. The number of hydrogen-bond donors (Lipinski definition) is 2. The number of rotatable bonds is 4. The maximum atomic E-state index is 13.1. The molecule has 4 nitrogen and oxygen atoms in total. The first kappa shape index (κ1) is 13.4. The Labute approximate surface area is 101 Å². The van der Waals surface area contributed by atoms with Gasteiger partial charge in [-0.15, -0.1) is 11.6 Å². The summed E-state index contributed by atoms with van der Waals surface area (Å²) >= 11 is 5.18. The molecule has 0 saturated carbocycles. The van der Waals surface area contributed by atoms with Crippen LogP contribution < -0.4 is 10.6 Å². The summed E-state index contributed by atoms with van der Waals surface area (Å²) < 4.78 is 26.2. The number of anilines is 1. The predicted molar refractivity (Wildman–Crippen MR) is 58.7 cm³/mol. The Morgan fingerprint density at radius 2 is 1.76 bits per heavy atom. The molecule has 0 radical (unpaired) electrons. The van der Waals surface area contributed by atoms with Crippen LogP contribution in [-0.4, -0.2) is 24.2 Å². The average Bonchev–Trinajstić information content (AvgIpc) is 2.31. The zero-order chi connectivity index (χ0) is 12.8. The number of benzene rings is 1. The average molecular weight is 263 g/mol. The summed E-state index contributed by atoms with van der Waals surface area (Å²) in [5.41, 5.74) is -0.544. The van der Waals surface area contributed by atoms with Crippen molar-refractivity contribution in [2.24, 2.45) is 0 Å². The van der Waals surface area contributed by atoms with E-state index in [-0.39, 0.29) is 5.88 Å². The molecule has 1 aromatic rings. The van der Waals surface area contributed by atoms with Gasteiger partial charge in [0.25, 0.3) is 0 Å². The molecule has 0 unspecified atom stereocenters. The number of hydrogen-bond acceptors (Lipinski definition) is 2. The highest BCUT2D eigenvalue weighted by Crippen LogP contribution is 2.17. The molecule has 7 heteroatoms. The fraction of sp³-hybridized carbons (Fsp3) is 0.200. The van der Waals surface area contributed by atoms with Crippen molar-refractivity contribution in [3.05, 3.63) is 29.8 Å². The third-order valence-electron chi connectivity index (χ3n) is 1.79. The minimum absolute atomic E-state index is 0.290. The molecular formula is C10H9ClF2N2O2. The topological polar surface area (TPSA) is 58.2 Å². The van der Waals surface area contributed by atoms with E-state index >= 15 is 0 Å². The molecule has 0 spiro atoms. The molecule has 1 aromatic carbocycles. The smallest absolute Gasteiger partial charge is 0.243 e. The minimum atomic E-state index is -0.887. The van der Waals surface area contributed by atoms with Crippen molar-refractivity contribution in [1.29, 1.82) is 0 Å². The Kier molecular flexibility index (Phi) is 4.84. The number of para-hydroxylation sites is 1. The van der Waals surface area contributed by atoms with Crippen LogP contribution in [0.1, 0.15) is 0 Å². The van der Waals surface area contributed by atoms with Gasteiger partial charge in [0, 0.05) is 0 Å². The van der Waals surface area contributed by atoms with Crippen LogP contribution in [0.3, 0.4) is 0 Å². The number of halogens is 3.